The van der Waals surface area contributed by atoms with Gasteiger partial charge in [0.2, 0.25) is 5.91 Å². The number of hydrogen-bond donors (Lipinski definition) is 4. The third kappa shape index (κ3) is 9.68. The minimum Gasteiger partial charge on any atom is -0.480 e. The molecule has 0 aromatic heterocycles. The van der Waals surface area contributed by atoms with Crippen LogP contribution < -0.4 is 16.4 Å². The van der Waals surface area contributed by atoms with Gasteiger partial charge in [-0.05, 0) is 6.42 Å². The molecule has 0 rings (SSSR count). The number of amides is 3. The molecule has 0 aromatic rings. The summed E-state index contributed by atoms with van der Waals surface area (Å²) in [4.78, 5) is 32.3. The van der Waals surface area contributed by atoms with Crippen molar-refractivity contribution in [2.75, 3.05) is 6.54 Å². The predicted octanol–water partition coefficient (Wildman–Crippen LogP) is -0.0433. The molecule has 110 valence electrons. The maximum Gasteiger partial charge on any atom is 0.390 e. The van der Waals surface area contributed by atoms with Gasteiger partial charge in [-0.15, -0.1) is 0 Å². The number of nitrogens with one attached hydrogen (secondary N) is 2. The van der Waals surface area contributed by atoms with Gasteiger partial charge >= 0.3 is 18.2 Å². The van der Waals surface area contributed by atoms with E-state index >= 15 is 0 Å². The van der Waals surface area contributed by atoms with Crippen LogP contribution in [0.4, 0.5) is 18.0 Å². The number of carbonyl (C=O) groups is 3. The summed E-state index contributed by atoms with van der Waals surface area (Å²) in [7, 11) is 0. The molecule has 1 atom stereocenters. The molecule has 0 saturated heterocycles. The van der Waals surface area contributed by atoms with E-state index in [1.54, 1.807) is 0 Å². The Morgan fingerprint density at radius 1 is 1.26 bits per heavy atom. The van der Waals surface area contributed by atoms with Gasteiger partial charge in [-0.2, -0.15) is 13.2 Å². The lowest BCUT2D eigenvalue weighted by molar-refractivity contribution is -0.139. The van der Waals surface area contributed by atoms with Crippen LogP contribution >= 0.6 is 0 Å². The van der Waals surface area contributed by atoms with E-state index in [4.69, 9.17) is 10.8 Å². The van der Waals surface area contributed by atoms with E-state index < -0.39 is 43.1 Å². The van der Waals surface area contributed by atoms with Crippen molar-refractivity contribution >= 4 is 17.9 Å². The normalized spacial score (nSPS) is 12.6. The zero-order valence-electron chi connectivity index (χ0n) is 9.79. The van der Waals surface area contributed by atoms with Gasteiger partial charge in [0.05, 0.1) is 6.42 Å². The van der Waals surface area contributed by atoms with Crippen molar-refractivity contribution in [2.45, 2.75) is 31.5 Å². The largest absolute Gasteiger partial charge is 0.480 e. The highest BCUT2D eigenvalue weighted by Crippen LogP contribution is 2.17. The fourth-order valence-electron chi connectivity index (χ4n) is 1.07. The standard InChI is InChI=1S/C9H14F3N3O4/c10-9(11,12)3-4-14-8(19)15-5(7(17)18)1-2-6(13)16/h5H,1-4H2,(H2,13,16)(H,17,18)(H2,14,15,19)/t5-/m0/s1. The molecule has 5 N–H and O–H groups in total. The first kappa shape index (κ1) is 17.0. The van der Waals surface area contributed by atoms with Crippen molar-refractivity contribution < 1.29 is 32.7 Å². The summed E-state index contributed by atoms with van der Waals surface area (Å²) in [5, 5.41) is 12.5. The predicted molar refractivity (Wildman–Crippen MR) is 57.1 cm³/mol. The molecule has 0 unspecified atom stereocenters. The van der Waals surface area contributed by atoms with E-state index in [1.165, 1.54) is 0 Å². The van der Waals surface area contributed by atoms with Crippen LogP contribution in [0, 0.1) is 0 Å². The highest BCUT2D eigenvalue weighted by atomic mass is 19.4. The fourth-order valence-corrected chi connectivity index (χ4v) is 1.07. The first-order valence-electron chi connectivity index (χ1n) is 5.24. The summed E-state index contributed by atoms with van der Waals surface area (Å²) in [5.74, 6) is -2.15. The van der Waals surface area contributed by atoms with Gasteiger partial charge in [-0.3, -0.25) is 4.79 Å². The van der Waals surface area contributed by atoms with Crippen LogP contribution in [-0.4, -0.2) is 41.8 Å². The monoisotopic (exact) mass is 285 g/mol. The van der Waals surface area contributed by atoms with Crippen LogP contribution in [0.3, 0.4) is 0 Å². The van der Waals surface area contributed by atoms with Gasteiger partial charge in [0.15, 0.2) is 0 Å². The second-order valence-electron chi connectivity index (χ2n) is 3.66. The Kier molecular flexibility index (Phi) is 6.66. The summed E-state index contributed by atoms with van der Waals surface area (Å²) in [6.07, 6.45) is -6.14. The molecule has 0 aliphatic rings. The van der Waals surface area contributed by atoms with E-state index in [1.807, 2.05) is 10.6 Å². The molecule has 0 heterocycles. The maximum atomic E-state index is 11.8. The number of hydrogen-bond acceptors (Lipinski definition) is 3. The Morgan fingerprint density at radius 2 is 1.84 bits per heavy atom. The number of alkyl halides is 3. The number of carbonyl (C=O) groups excluding carboxylic acids is 2. The van der Waals surface area contributed by atoms with Gasteiger partial charge < -0.3 is 21.5 Å². The molecular weight excluding hydrogens is 271 g/mol. The molecular formula is C9H14F3N3O4. The van der Waals surface area contributed by atoms with E-state index in [2.05, 4.69) is 0 Å². The molecule has 10 heteroatoms. The number of aliphatic carboxylic acids is 1. The van der Waals surface area contributed by atoms with E-state index in [0.717, 1.165) is 0 Å². The lowest BCUT2D eigenvalue weighted by Gasteiger charge is -2.14. The van der Waals surface area contributed by atoms with Gasteiger partial charge in [0, 0.05) is 13.0 Å². The molecule has 7 nitrogen and oxygen atoms in total. The molecule has 0 radical (unpaired) electrons. The van der Waals surface area contributed by atoms with Crippen LogP contribution in [-0.2, 0) is 9.59 Å². The third-order valence-electron chi connectivity index (χ3n) is 1.98. The van der Waals surface area contributed by atoms with Gasteiger partial charge in [0.25, 0.3) is 0 Å². The molecule has 0 aliphatic carbocycles. The minimum atomic E-state index is -4.41. The molecule has 0 aliphatic heterocycles. The zero-order valence-corrected chi connectivity index (χ0v) is 9.79. The lowest BCUT2D eigenvalue weighted by Crippen LogP contribution is -2.46. The molecule has 0 spiro atoms. The minimum absolute atomic E-state index is 0.239. The van der Waals surface area contributed by atoms with Crippen LogP contribution in [0.2, 0.25) is 0 Å². The second kappa shape index (κ2) is 7.44. The summed E-state index contributed by atoms with van der Waals surface area (Å²) >= 11 is 0. The van der Waals surface area contributed by atoms with Gasteiger partial charge in [-0.1, -0.05) is 0 Å². The van der Waals surface area contributed by atoms with Gasteiger partial charge in [0.1, 0.15) is 6.04 Å². The van der Waals surface area contributed by atoms with Crippen molar-refractivity contribution in [1.82, 2.24) is 10.6 Å². The highest BCUT2D eigenvalue weighted by molar-refractivity contribution is 5.83. The highest BCUT2D eigenvalue weighted by Gasteiger charge is 2.27. The average molecular weight is 285 g/mol. The first-order chi connectivity index (χ1) is 8.61. The first-order valence-corrected chi connectivity index (χ1v) is 5.24. The maximum absolute atomic E-state index is 11.8. The molecule has 3 amide bonds. The summed E-state index contributed by atoms with van der Waals surface area (Å²) in [6, 6.07) is -2.44. The SMILES string of the molecule is NC(=O)CC[C@H](NC(=O)NCCC(F)(F)F)C(=O)O. The van der Waals surface area contributed by atoms with Gasteiger partial charge in [-0.25, -0.2) is 9.59 Å². The topological polar surface area (TPSA) is 122 Å². The van der Waals surface area contributed by atoms with Crippen LogP contribution in [0.15, 0.2) is 0 Å². The molecule has 19 heavy (non-hydrogen) atoms. The number of nitrogens with two attached hydrogens (primary N) is 1. The van der Waals surface area contributed by atoms with Crippen LogP contribution in [0.25, 0.3) is 0 Å². The third-order valence-corrected chi connectivity index (χ3v) is 1.98. The summed E-state index contributed by atoms with van der Waals surface area (Å²) in [5.41, 5.74) is 4.81. The number of primary amides is 1. The number of rotatable bonds is 7. The Bertz CT molecular complexity index is 346. The second-order valence-corrected chi connectivity index (χ2v) is 3.66. The van der Waals surface area contributed by atoms with Crippen molar-refractivity contribution in [3.63, 3.8) is 0 Å². The average Bonchev–Trinajstić information content (AvgIpc) is 2.21. The molecule has 0 aromatic carbocycles. The summed E-state index contributed by atoms with van der Waals surface area (Å²) in [6.45, 7) is -0.669. The number of halogens is 3. The Balaban J connectivity index is 4.10. The Labute approximate surface area is 106 Å². The van der Waals surface area contributed by atoms with Crippen LogP contribution in [0.5, 0.6) is 0 Å². The van der Waals surface area contributed by atoms with Crippen LogP contribution in [0.1, 0.15) is 19.3 Å². The number of carboxylic acid groups (broad SMARTS) is 1. The quantitative estimate of drug-likeness (QED) is 0.524. The van der Waals surface area contributed by atoms with Crippen molar-refractivity contribution in [3.8, 4) is 0 Å². The fraction of sp³-hybridized carbons (Fsp3) is 0.667. The Morgan fingerprint density at radius 3 is 2.26 bits per heavy atom. The lowest BCUT2D eigenvalue weighted by atomic mass is 10.1. The number of urea groups is 1. The molecule has 0 saturated carbocycles. The van der Waals surface area contributed by atoms with E-state index in [9.17, 15) is 27.6 Å². The van der Waals surface area contributed by atoms with Crippen molar-refractivity contribution in [1.29, 1.82) is 0 Å². The molecule has 0 bridgehead atoms. The summed E-state index contributed by atoms with van der Waals surface area (Å²) < 4.78 is 35.4. The Hall–Kier alpha value is -2.00. The number of carboxylic acids is 1. The van der Waals surface area contributed by atoms with Crippen molar-refractivity contribution in [2.24, 2.45) is 5.73 Å². The zero-order chi connectivity index (χ0) is 15.1. The van der Waals surface area contributed by atoms with Crippen molar-refractivity contribution in [3.05, 3.63) is 0 Å². The molecule has 0 fully saturated rings. The van der Waals surface area contributed by atoms with E-state index in [0.29, 0.717) is 0 Å². The van der Waals surface area contributed by atoms with E-state index in [-0.39, 0.29) is 12.8 Å². The smallest absolute Gasteiger partial charge is 0.390 e.